The van der Waals surface area contributed by atoms with E-state index in [2.05, 4.69) is 4.90 Å². The van der Waals surface area contributed by atoms with E-state index in [0.717, 1.165) is 36.6 Å². The van der Waals surface area contributed by atoms with E-state index >= 15 is 0 Å². The SMILES string of the molecule is COc1ccc(N2C(=O)[C@@H](OCc3ccccc3)[C@H]2CN2CCCCC2)cc1. The van der Waals surface area contributed by atoms with Gasteiger partial charge in [-0.3, -0.25) is 4.79 Å². The van der Waals surface area contributed by atoms with Crippen LogP contribution >= 0.6 is 0 Å². The van der Waals surface area contributed by atoms with E-state index in [1.165, 1.54) is 19.3 Å². The van der Waals surface area contributed by atoms with E-state index in [-0.39, 0.29) is 18.1 Å². The van der Waals surface area contributed by atoms with Gasteiger partial charge < -0.3 is 19.3 Å². The number of carbonyl (C=O) groups is 1. The Hall–Kier alpha value is -2.37. The normalized spacial score (nSPS) is 22.8. The standard InChI is InChI=1S/C23H28N2O3/c1-27-20-12-10-19(11-13-20)25-21(16-24-14-6-3-7-15-24)22(23(25)26)28-17-18-8-4-2-5-9-18/h2,4-5,8-13,21-22H,3,6-7,14-17H2,1H3/t21-,22+/m1/s1. The largest absolute Gasteiger partial charge is 0.497 e. The van der Waals surface area contributed by atoms with Gasteiger partial charge in [0.1, 0.15) is 5.75 Å². The number of ether oxygens (including phenoxy) is 2. The maximum Gasteiger partial charge on any atom is 0.258 e. The lowest BCUT2D eigenvalue weighted by Gasteiger charge is -2.48. The maximum atomic E-state index is 12.9. The van der Waals surface area contributed by atoms with E-state index in [1.807, 2.05) is 59.5 Å². The number of methoxy groups -OCH3 is 1. The van der Waals surface area contributed by atoms with Crippen LogP contribution in [0.15, 0.2) is 54.6 Å². The Labute approximate surface area is 166 Å². The number of benzene rings is 2. The predicted molar refractivity (Wildman–Crippen MR) is 110 cm³/mol. The molecule has 2 heterocycles. The van der Waals surface area contributed by atoms with Gasteiger partial charge in [-0.15, -0.1) is 0 Å². The molecule has 2 aliphatic rings. The summed E-state index contributed by atoms with van der Waals surface area (Å²) in [4.78, 5) is 17.3. The Morgan fingerprint density at radius 2 is 1.68 bits per heavy atom. The number of amides is 1. The zero-order valence-electron chi connectivity index (χ0n) is 16.4. The van der Waals surface area contributed by atoms with Crippen molar-refractivity contribution in [2.24, 2.45) is 0 Å². The van der Waals surface area contributed by atoms with Crippen LogP contribution in [0.4, 0.5) is 5.69 Å². The second kappa shape index (κ2) is 8.76. The monoisotopic (exact) mass is 380 g/mol. The van der Waals surface area contributed by atoms with E-state index < -0.39 is 0 Å². The summed E-state index contributed by atoms with van der Waals surface area (Å²) in [5.41, 5.74) is 2.00. The maximum absolute atomic E-state index is 12.9. The molecule has 2 saturated heterocycles. The highest BCUT2D eigenvalue weighted by atomic mass is 16.5. The van der Waals surface area contributed by atoms with Gasteiger partial charge in [0.15, 0.2) is 6.10 Å². The fraction of sp³-hybridized carbons (Fsp3) is 0.435. The van der Waals surface area contributed by atoms with Crippen LogP contribution < -0.4 is 9.64 Å². The van der Waals surface area contributed by atoms with Gasteiger partial charge in [-0.1, -0.05) is 36.8 Å². The molecule has 0 aromatic heterocycles. The molecule has 0 aliphatic carbocycles. The van der Waals surface area contributed by atoms with Crippen LogP contribution in [0.3, 0.4) is 0 Å². The highest BCUT2D eigenvalue weighted by molar-refractivity contribution is 6.05. The molecular weight excluding hydrogens is 352 g/mol. The van der Waals surface area contributed by atoms with Gasteiger partial charge in [0.05, 0.1) is 19.8 Å². The van der Waals surface area contributed by atoms with Crippen molar-refractivity contribution in [3.05, 3.63) is 60.2 Å². The van der Waals surface area contributed by atoms with Crippen molar-refractivity contribution in [2.45, 2.75) is 38.0 Å². The summed E-state index contributed by atoms with van der Waals surface area (Å²) >= 11 is 0. The zero-order valence-corrected chi connectivity index (χ0v) is 16.4. The molecule has 2 aromatic carbocycles. The minimum Gasteiger partial charge on any atom is -0.497 e. The van der Waals surface area contributed by atoms with E-state index in [1.54, 1.807) is 7.11 Å². The van der Waals surface area contributed by atoms with Crippen molar-refractivity contribution < 1.29 is 14.3 Å². The molecule has 0 saturated carbocycles. The number of likely N-dealkylation sites (tertiary alicyclic amines) is 1. The third-order valence-corrected chi connectivity index (χ3v) is 5.68. The molecule has 148 valence electrons. The smallest absolute Gasteiger partial charge is 0.258 e. The van der Waals surface area contributed by atoms with Crippen molar-refractivity contribution in [2.75, 3.05) is 31.6 Å². The third kappa shape index (κ3) is 4.05. The molecule has 4 rings (SSSR count). The number of hydrogen-bond donors (Lipinski definition) is 0. The topological polar surface area (TPSA) is 42.0 Å². The first-order valence-corrected chi connectivity index (χ1v) is 10.1. The van der Waals surface area contributed by atoms with Crippen molar-refractivity contribution in [1.29, 1.82) is 0 Å². The van der Waals surface area contributed by atoms with Crippen LogP contribution in [0.25, 0.3) is 0 Å². The first-order valence-electron chi connectivity index (χ1n) is 10.1. The Morgan fingerprint density at radius 1 is 0.964 bits per heavy atom. The van der Waals surface area contributed by atoms with Crippen LogP contribution in [0.5, 0.6) is 5.75 Å². The van der Waals surface area contributed by atoms with E-state index in [4.69, 9.17) is 9.47 Å². The Bertz CT molecular complexity index is 772. The van der Waals surface area contributed by atoms with Crippen LogP contribution in [0.1, 0.15) is 24.8 Å². The van der Waals surface area contributed by atoms with Crippen LogP contribution in [0, 0.1) is 0 Å². The van der Waals surface area contributed by atoms with Gasteiger partial charge in [0.25, 0.3) is 5.91 Å². The quantitative estimate of drug-likeness (QED) is 0.690. The second-order valence-electron chi connectivity index (χ2n) is 7.55. The number of piperidine rings is 1. The molecule has 0 radical (unpaired) electrons. The summed E-state index contributed by atoms with van der Waals surface area (Å²) in [5.74, 6) is 0.837. The number of β-lactam (4-membered cyclic amide) rings is 1. The van der Waals surface area contributed by atoms with Crippen molar-refractivity contribution in [1.82, 2.24) is 4.90 Å². The lowest BCUT2D eigenvalue weighted by atomic mass is 9.94. The van der Waals surface area contributed by atoms with E-state index in [0.29, 0.717) is 6.61 Å². The van der Waals surface area contributed by atoms with Crippen LogP contribution in [-0.2, 0) is 16.1 Å². The fourth-order valence-corrected chi connectivity index (χ4v) is 4.11. The summed E-state index contributed by atoms with van der Waals surface area (Å²) < 4.78 is 11.3. The Balaban J connectivity index is 1.48. The predicted octanol–water partition coefficient (Wildman–Crippen LogP) is 3.48. The minimum atomic E-state index is -0.385. The number of rotatable bonds is 7. The summed E-state index contributed by atoms with van der Waals surface area (Å²) in [6, 6.07) is 17.8. The fourth-order valence-electron chi connectivity index (χ4n) is 4.11. The van der Waals surface area contributed by atoms with Gasteiger partial charge in [-0.05, 0) is 55.8 Å². The van der Waals surface area contributed by atoms with E-state index in [9.17, 15) is 4.79 Å². The first kappa shape index (κ1) is 19.0. The van der Waals surface area contributed by atoms with Crippen molar-refractivity contribution >= 4 is 11.6 Å². The van der Waals surface area contributed by atoms with Crippen molar-refractivity contribution in [3.8, 4) is 5.75 Å². The molecule has 0 unspecified atom stereocenters. The molecular formula is C23H28N2O3. The molecule has 28 heavy (non-hydrogen) atoms. The molecule has 0 bridgehead atoms. The molecule has 0 spiro atoms. The molecule has 0 N–H and O–H groups in total. The average molecular weight is 380 g/mol. The molecule has 2 atom stereocenters. The molecule has 1 amide bonds. The van der Waals surface area contributed by atoms with Gasteiger partial charge in [0, 0.05) is 12.2 Å². The highest BCUT2D eigenvalue weighted by Crippen LogP contribution is 2.33. The van der Waals surface area contributed by atoms with Gasteiger partial charge in [-0.2, -0.15) is 0 Å². The summed E-state index contributed by atoms with van der Waals surface area (Å²) in [7, 11) is 1.65. The van der Waals surface area contributed by atoms with Gasteiger partial charge >= 0.3 is 0 Å². The zero-order chi connectivity index (χ0) is 19.3. The van der Waals surface area contributed by atoms with Gasteiger partial charge in [0.2, 0.25) is 0 Å². The Morgan fingerprint density at radius 3 is 2.36 bits per heavy atom. The summed E-state index contributed by atoms with van der Waals surface area (Å²) in [5, 5.41) is 0. The second-order valence-corrected chi connectivity index (χ2v) is 7.55. The molecule has 5 nitrogen and oxygen atoms in total. The number of hydrogen-bond acceptors (Lipinski definition) is 4. The van der Waals surface area contributed by atoms with Gasteiger partial charge in [-0.25, -0.2) is 0 Å². The van der Waals surface area contributed by atoms with Crippen LogP contribution in [0.2, 0.25) is 0 Å². The molecule has 2 aromatic rings. The minimum absolute atomic E-state index is 0.0442. The highest BCUT2D eigenvalue weighted by Gasteiger charge is 2.49. The molecule has 5 heteroatoms. The first-order chi connectivity index (χ1) is 13.8. The molecule has 2 fully saturated rings. The summed E-state index contributed by atoms with van der Waals surface area (Å²) in [6.07, 6.45) is 3.39. The van der Waals surface area contributed by atoms with Crippen molar-refractivity contribution in [3.63, 3.8) is 0 Å². The lowest BCUT2D eigenvalue weighted by molar-refractivity contribution is -0.144. The Kier molecular flexibility index (Phi) is 5.93. The molecule has 2 aliphatic heterocycles. The average Bonchev–Trinajstić information content (AvgIpc) is 2.75. The number of nitrogens with zero attached hydrogens (tertiary/aromatic N) is 2. The number of carbonyl (C=O) groups excluding carboxylic acids is 1. The lowest BCUT2D eigenvalue weighted by Crippen LogP contribution is -2.69. The van der Waals surface area contributed by atoms with Crippen LogP contribution in [-0.4, -0.2) is 49.7 Å². The third-order valence-electron chi connectivity index (χ3n) is 5.68. The number of anilines is 1. The summed E-state index contributed by atoms with van der Waals surface area (Å²) in [6.45, 7) is 3.53.